The van der Waals surface area contributed by atoms with Crippen LogP contribution in [0.15, 0.2) is 40.9 Å². The van der Waals surface area contributed by atoms with Crippen molar-refractivity contribution in [1.82, 2.24) is 15.0 Å². The Kier molecular flexibility index (Phi) is 6.06. The van der Waals surface area contributed by atoms with Crippen molar-refractivity contribution in [2.45, 2.75) is 45.4 Å². The zero-order valence-electron chi connectivity index (χ0n) is 15.5. The molecule has 1 aromatic carbocycles. The molecule has 6 heteroatoms. The van der Waals surface area contributed by atoms with Crippen LogP contribution < -0.4 is 0 Å². The maximum Gasteiger partial charge on any atom is 0.276 e. The number of likely N-dealkylation sites (tertiary alicyclic amines) is 1. The first-order valence-electron chi connectivity index (χ1n) is 9.30. The largest absolute Gasteiger partial charge is 0.393 e. The molecule has 1 N–H and O–H groups in total. The minimum atomic E-state index is -0.198. The van der Waals surface area contributed by atoms with Gasteiger partial charge in [0.1, 0.15) is 0 Å². The van der Waals surface area contributed by atoms with E-state index in [4.69, 9.17) is 4.52 Å². The van der Waals surface area contributed by atoms with E-state index < -0.39 is 0 Å². The fourth-order valence-electron chi connectivity index (χ4n) is 3.44. The molecule has 1 aliphatic heterocycles. The number of nitrogens with zero attached hydrogens (tertiary/aromatic N) is 3. The Morgan fingerprint density at radius 1 is 1.35 bits per heavy atom. The maximum absolute atomic E-state index is 12.9. The zero-order valence-corrected chi connectivity index (χ0v) is 15.5. The highest BCUT2D eigenvalue weighted by Crippen LogP contribution is 2.22. The van der Waals surface area contributed by atoms with Gasteiger partial charge in [-0.05, 0) is 32.3 Å². The highest BCUT2D eigenvalue weighted by Gasteiger charge is 2.25. The number of hydrogen-bond acceptors (Lipinski definition) is 5. The summed E-state index contributed by atoms with van der Waals surface area (Å²) in [7, 11) is 0. The maximum atomic E-state index is 12.9. The molecule has 26 heavy (non-hydrogen) atoms. The fourth-order valence-corrected chi connectivity index (χ4v) is 3.44. The number of aliphatic hydroxyl groups is 1. The Morgan fingerprint density at radius 2 is 2.04 bits per heavy atom. The van der Waals surface area contributed by atoms with E-state index in [-0.39, 0.29) is 18.1 Å². The summed E-state index contributed by atoms with van der Waals surface area (Å²) in [6.07, 6.45) is 1.35. The van der Waals surface area contributed by atoms with Gasteiger partial charge in [-0.15, -0.1) is 0 Å². The molecular weight excluding hydrogens is 330 g/mol. The molecule has 1 aliphatic rings. The number of rotatable bonds is 6. The van der Waals surface area contributed by atoms with Crippen LogP contribution in [-0.2, 0) is 6.54 Å². The summed E-state index contributed by atoms with van der Waals surface area (Å²) in [5.41, 5.74) is 1.44. The van der Waals surface area contributed by atoms with Crippen LogP contribution in [0.3, 0.4) is 0 Å². The quantitative estimate of drug-likeness (QED) is 0.861. The van der Waals surface area contributed by atoms with Gasteiger partial charge in [0.25, 0.3) is 5.91 Å². The summed E-state index contributed by atoms with van der Waals surface area (Å²) in [6.45, 7) is 6.87. The predicted octanol–water partition coefficient (Wildman–Crippen LogP) is 2.85. The Morgan fingerprint density at radius 3 is 2.69 bits per heavy atom. The Labute approximate surface area is 154 Å². The van der Waals surface area contributed by atoms with Crippen LogP contribution in [0.2, 0.25) is 0 Å². The SMILES string of the molecule is CCN(C(=O)c1cc(CN2CCC(O)CC2)on1)[C@@H](C)c1ccccc1. The lowest BCUT2D eigenvalue weighted by Crippen LogP contribution is -2.35. The molecule has 1 amide bonds. The molecule has 6 nitrogen and oxygen atoms in total. The lowest BCUT2D eigenvalue weighted by Gasteiger charge is -2.28. The van der Waals surface area contributed by atoms with E-state index in [1.807, 2.05) is 44.2 Å². The lowest BCUT2D eigenvalue weighted by atomic mass is 10.1. The first-order chi connectivity index (χ1) is 12.6. The second kappa shape index (κ2) is 8.47. The lowest BCUT2D eigenvalue weighted by molar-refractivity contribution is 0.0688. The molecule has 1 atom stereocenters. The normalized spacial score (nSPS) is 17.2. The third-order valence-corrected chi connectivity index (χ3v) is 5.07. The number of carbonyl (C=O) groups excluding carboxylic acids is 1. The molecule has 1 saturated heterocycles. The molecule has 0 spiro atoms. The minimum Gasteiger partial charge on any atom is -0.393 e. The fraction of sp³-hybridized carbons (Fsp3) is 0.500. The van der Waals surface area contributed by atoms with E-state index in [0.29, 0.717) is 24.5 Å². The third-order valence-electron chi connectivity index (χ3n) is 5.07. The van der Waals surface area contributed by atoms with Gasteiger partial charge in [0, 0.05) is 25.7 Å². The molecule has 1 fully saturated rings. The van der Waals surface area contributed by atoms with Crippen LogP contribution in [0.4, 0.5) is 0 Å². The van der Waals surface area contributed by atoms with Gasteiger partial charge in [0.05, 0.1) is 18.7 Å². The Balaban J connectivity index is 1.66. The smallest absolute Gasteiger partial charge is 0.276 e. The van der Waals surface area contributed by atoms with Gasteiger partial charge in [-0.1, -0.05) is 35.5 Å². The van der Waals surface area contributed by atoms with Gasteiger partial charge >= 0.3 is 0 Å². The summed E-state index contributed by atoms with van der Waals surface area (Å²) in [6, 6.07) is 11.7. The average Bonchev–Trinajstić information content (AvgIpc) is 3.13. The van der Waals surface area contributed by atoms with Crippen LogP contribution in [0, 0.1) is 0 Å². The number of aliphatic hydroxyl groups excluding tert-OH is 1. The molecule has 0 radical (unpaired) electrons. The van der Waals surface area contributed by atoms with Crippen LogP contribution in [0.5, 0.6) is 0 Å². The van der Waals surface area contributed by atoms with E-state index in [2.05, 4.69) is 10.1 Å². The Bertz CT molecular complexity index is 708. The van der Waals surface area contributed by atoms with Crippen LogP contribution in [0.1, 0.15) is 54.5 Å². The van der Waals surface area contributed by atoms with E-state index >= 15 is 0 Å². The van der Waals surface area contributed by atoms with E-state index in [9.17, 15) is 9.90 Å². The highest BCUT2D eigenvalue weighted by molar-refractivity contribution is 5.92. The van der Waals surface area contributed by atoms with Crippen LogP contribution in [0.25, 0.3) is 0 Å². The molecule has 2 aromatic rings. The minimum absolute atomic E-state index is 0.0302. The third kappa shape index (κ3) is 4.31. The van der Waals surface area contributed by atoms with Gasteiger partial charge in [-0.25, -0.2) is 0 Å². The molecule has 0 unspecified atom stereocenters. The monoisotopic (exact) mass is 357 g/mol. The predicted molar refractivity (Wildman–Crippen MR) is 98.6 cm³/mol. The first kappa shape index (κ1) is 18.6. The molecule has 1 aromatic heterocycles. The van der Waals surface area contributed by atoms with Gasteiger partial charge in [0.2, 0.25) is 0 Å². The number of aromatic nitrogens is 1. The summed E-state index contributed by atoms with van der Waals surface area (Å²) in [5.74, 6) is 0.570. The second-order valence-corrected chi connectivity index (χ2v) is 6.86. The first-order valence-corrected chi connectivity index (χ1v) is 9.30. The van der Waals surface area contributed by atoms with Crippen molar-refractivity contribution in [3.63, 3.8) is 0 Å². The highest BCUT2D eigenvalue weighted by atomic mass is 16.5. The van der Waals surface area contributed by atoms with Crippen LogP contribution in [-0.4, -0.2) is 51.7 Å². The van der Waals surface area contributed by atoms with Gasteiger partial charge in [0.15, 0.2) is 11.5 Å². The number of benzene rings is 1. The second-order valence-electron chi connectivity index (χ2n) is 6.86. The van der Waals surface area contributed by atoms with Crippen molar-refractivity contribution >= 4 is 5.91 Å². The average molecular weight is 357 g/mol. The summed E-state index contributed by atoms with van der Waals surface area (Å²) < 4.78 is 5.39. The summed E-state index contributed by atoms with van der Waals surface area (Å²) in [4.78, 5) is 16.9. The van der Waals surface area contributed by atoms with Crippen molar-refractivity contribution in [2.24, 2.45) is 0 Å². The van der Waals surface area contributed by atoms with Crippen molar-refractivity contribution in [1.29, 1.82) is 0 Å². The van der Waals surface area contributed by atoms with Crippen molar-refractivity contribution < 1.29 is 14.4 Å². The van der Waals surface area contributed by atoms with E-state index in [1.54, 1.807) is 11.0 Å². The standard InChI is InChI=1S/C20H27N3O3/c1-3-23(15(2)16-7-5-4-6-8-16)20(25)19-13-18(26-21-19)14-22-11-9-17(24)10-12-22/h4-8,13,15,17,24H,3,9-12,14H2,1-2H3/t15-/m0/s1. The van der Waals surface area contributed by atoms with Crippen LogP contribution >= 0.6 is 0 Å². The van der Waals surface area contributed by atoms with Gasteiger partial charge in [-0.2, -0.15) is 0 Å². The van der Waals surface area contributed by atoms with Gasteiger partial charge < -0.3 is 14.5 Å². The number of carbonyl (C=O) groups is 1. The summed E-state index contributed by atoms with van der Waals surface area (Å²) in [5, 5.41) is 13.6. The molecule has 0 bridgehead atoms. The number of amides is 1. The number of hydrogen-bond donors (Lipinski definition) is 1. The van der Waals surface area contributed by atoms with E-state index in [0.717, 1.165) is 31.5 Å². The molecule has 3 rings (SSSR count). The Hall–Kier alpha value is -2.18. The van der Waals surface area contributed by atoms with E-state index in [1.165, 1.54) is 0 Å². The topological polar surface area (TPSA) is 69.8 Å². The van der Waals surface area contributed by atoms with Crippen molar-refractivity contribution in [3.8, 4) is 0 Å². The van der Waals surface area contributed by atoms with Gasteiger partial charge in [-0.3, -0.25) is 9.69 Å². The summed E-state index contributed by atoms with van der Waals surface area (Å²) >= 11 is 0. The molecule has 2 heterocycles. The number of piperidine rings is 1. The molecule has 0 saturated carbocycles. The molecule has 0 aliphatic carbocycles. The molecular formula is C20H27N3O3. The zero-order chi connectivity index (χ0) is 18.5. The molecule has 140 valence electrons. The van der Waals surface area contributed by atoms with Crippen molar-refractivity contribution in [2.75, 3.05) is 19.6 Å². The van der Waals surface area contributed by atoms with Crippen molar-refractivity contribution in [3.05, 3.63) is 53.4 Å².